The second kappa shape index (κ2) is 6.16. The first-order chi connectivity index (χ1) is 8.85. The van der Waals surface area contributed by atoms with Gasteiger partial charge in [0.25, 0.3) is 0 Å². The number of rotatable bonds is 6. The molecule has 2 aromatic rings. The molecule has 0 aliphatic carbocycles. The minimum atomic E-state index is 0.796. The van der Waals surface area contributed by atoms with Crippen molar-refractivity contribution in [3.8, 4) is 11.4 Å². The van der Waals surface area contributed by atoms with Gasteiger partial charge in [-0.1, -0.05) is 17.3 Å². The molecule has 0 unspecified atom stereocenters. The Hall–Kier alpha value is -1.88. The zero-order chi connectivity index (χ0) is 12.8. The smallest absolute Gasteiger partial charge is 0.144 e. The summed E-state index contributed by atoms with van der Waals surface area (Å²) in [6, 6.07) is 7.77. The lowest BCUT2D eigenvalue weighted by Gasteiger charge is -2.06. The van der Waals surface area contributed by atoms with Crippen molar-refractivity contribution in [3.05, 3.63) is 36.2 Å². The Morgan fingerprint density at radius 3 is 2.94 bits per heavy atom. The van der Waals surface area contributed by atoms with Crippen LogP contribution in [0.4, 0.5) is 0 Å². The SMILES string of the molecule is CNCCCc1cn(-c2ccccc2OC)nn1. The number of hydrogen-bond donors (Lipinski definition) is 1. The van der Waals surface area contributed by atoms with E-state index in [0.717, 1.165) is 36.5 Å². The number of para-hydroxylation sites is 2. The second-order valence-corrected chi connectivity index (χ2v) is 4.03. The lowest BCUT2D eigenvalue weighted by molar-refractivity contribution is 0.411. The highest BCUT2D eigenvalue weighted by atomic mass is 16.5. The van der Waals surface area contributed by atoms with E-state index in [1.807, 2.05) is 37.5 Å². The van der Waals surface area contributed by atoms with E-state index in [2.05, 4.69) is 15.6 Å². The van der Waals surface area contributed by atoms with Crippen molar-refractivity contribution < 1.29 is 4.74 Å². The lowest BCUT2D eigenvalue weighted by atomic mass is 10.2. The molecule has 5 nitrogen and oxygen atoms in total. The number of nitrogens with zero attached hydrogens (tertiary/aromatic N) is 3. The topological polar surface area (TPSA) is 52.0 Å². The van der Waals surface area contributed by atoms with Crippen LogP contribution in [0.2, 0.25) is 0 Å². The normalized spacial score (nSPS) is 10.6. The van der Waals surface area contributed by atoms with E-state index in [9.17, 15) is 0 Å². The van der Waals surface area contributed by atoms with Crippen molar-refractivity contribution in [2.24, 2.45) is 0 Å². The molecule has 18 heavy (non-hydrogen) atoms. The number of ether oxygens (including phenoxy) is 1. The summed E-state index contributed by atoms with van der Waals surface area (Å²) in [6.07, 6.45) is 3.94. The van der Waals surface area contributed by atoms with Crippen LogP contribution in [0.1, 0.15) is 12.1 Å². The highest BCUT2D eigenvalue weighted by Gasteiger charge is 2.07. The van der Waals surface area contributed by atoms with Gasteiger partial charge in [-0.15, -0.1) is 5.10 Å². The maximum atomic E-state index is 5.31. The Morgan fingerprint density at radius 1 is 1.33 bits per heavy atom. The maximum absolute atomic E-state index is 5.31. The van der Waals surface area contributed by atoms with Gasteiger partial charge in [0.2, 0.25) is 0 Å². The molecule has 0 bridgehead atoms. The molecular formula is C13H18N4O. The van der Waals surface area contributed by atoms with Crippen molar-refractivity contribution in [3.63, 3.8) is 0 Å². The summed E-state index contributed by atoms with van der Waals surface area (Å²) in [5, 5.41) is 11.4. The number of hydrogen-bond acceptors (Lipinski definition) is 4. The summed E-state index contributed by atoms with van der Waals surface area (Å²) in [5.41, 5.74) is 1.91. The van der Waals surface area contributed by atoms with E-state index >= 15 is 0 Å². The van der Waals surface area contributed by atoms with Gasteiger partial charge in [-0.2, -0.15) is 0 Å². The molecule has 0 saturated heterocycles. The van der Waals surface area contributed by atoms with Gasteiger partial charge >= 0.3 is 0 Å². The fourth-order valence-corrected chi connectivity index (χ4v) is 1.80. The summed E-state index contributed by atoms with van der Waals surface area (Å²) >= 11 is 0. The van der Waals surface area contributed by atoms with Crippen LogP contribution in [0.3, 0.4) is 0 Å². The third-order valence-corrected chi connectivity index (χ3v) is 2.73. The molecule has 1 N–H and O–H groups in total. The van der Waals surface area contributed by atoms with Crippen molar-refractivity contribution in [1.29, 1.82) is 0 Å². The third-order valence-electron chi connectivity index (χ3n) is 2.73. The minimum Gasteiger partial charge on any atom is -0.494 e. The first kappa shape index (κ1) is 12.6. The second-order valence-electron chi connectivity index (χ2n) is 4.03. The molecule has 1 heterocycles. The van der Waals surface area contributed by atoms with Crippen LogP contribution in [-0.4, -0.2) is 35.7 Å². The molecule has 0 amide bonds. The van der Waals surface area contributed by atoms with Crippen LogP contribution in [0.15, 0.2) is 30.5 Å². The molecule has 0 fully saturated rings. The molecule has 5 heteroatoms. The van der Waals surface area contributed by atoms with Gasteiger partial charge in [-0.3, -0.25) is 0 Å². The molecular weight excluding hydrogens is 228 g/mol. The fraction of sp³-hybridized carbons (Fsp3) is 0.385. The monoisotopic (exact) mass is 246 g/mol. The minimum absolute atomic E-state index is 0.796. The quantitative estimate of drug-likeness (QED) is 0.783. The molecule has 0 radical (unpaired) electrons. The van der Waals surface area contributed by atoms with Crippen LogP contribution in [0.5, 0.6) is 5.75 Å². The van der Waals surface area contributed by atoms with Crippen molar-refractivity contribution in [2.75, 3.05) is 20.7 Å². The average molecular weight is 246 g/mol. The van der Waals surface area contributed by atoms with Gasteiger partial charge in [0.15, 0.2) is 0 Å². The van der Waals surface area contributed by atoms with Crippen molar-refractivity contribution in [2.45, 2.75) is 12.8 Å². The standard InChI is InChI=1S/C13H18N4O/c1-14-9-5-6-11-10-17(16-15-11)12-7-3-4-8-13(12)18-2/h3-4,7-8,10,14H,5-6,9H2,1-2H3. The van der Waals surface area contributed by atoms with Gasteiger partial charge in [0.1, 0.15) is 11.4 Å². The van der Waals surface area contributed by atoms with Crippen LogP contribution < -0.4 is 10.1 Å². The molecule has 0 spiro atoms. The molecule has 1 aromatic carbocycles. The largest absolute Gasteiger partial charge is 0.494 e. The molecule has 2 rings (SSSR count). The molecule has 0 aliphatic heterocycles. The zero-order valence-corrected chi connectivity index (χ0v) is 10.8. The number of benzene rings is 1. The average Bonchev–Trinajstić information content (AvgIpc) is 2.88. The van der Waals surface area contributed by atoms with E-state index in [-0.39, 0.29) is 0 Å². The number of nitrogens with one attached hydrogen (secondary N) is 1. The molecule has 0 atom stereocenters. The van der Waals surface area contributed by atoms with E-state index in [1.54, 1.807) is 11.8 Å². The first-order valence-electron chi connectivity index (χ1n) is 6.04. The first-order valence-corrected chi connectivity index (χ1v) is 6.04. The van der Waals surface area contributed by atoms with Gasteiger partial charge < -0.3 is 10.1 Å². The van der Waals surface area contributed by atoms with Crippen LogP contribution >= 0.6 is 0 Å². The van der Waals surface area contributed by atoms with Crippen LogP contribution in [0.25, 0.3) is 5.69 Å². The number of aromatic nitrogens is 3. The van der Waals surface area contributed by atoms with Gasteiger partial charge in [-0.25, -0.2) is 4.68 Å². The maximum Gasteiger partial charge on any atom is 0.144 e. The van der Waals surface area contributed by atoms with E-state index in [0.29, 0.717) is 0 Å². The Balaban J connectivity index is 2.13. The summed E-state index contributed by atoms with van der Waals surface area (Å²) < 4.78 is 7.07. The predicted octanol–water partition coefficient (Wildman–Crippen LogP) is 1.43. The zero-order valence-electron chi connectivity index (χ0n) is 10.8. The lowest BCUT2D eigenvalue weighted by Crippen LogP contribution is -2.08. The highest BCUT2D eigenvalue weighted by Crippen LogP contribution is 2.21. The summed E-state index contributed by atoms with van der Waals surface area (Å²) in [5.74, 6) is 0.796. The van der Waals surface area contributed by atoms with E-state index < -0.39 is 0 Å². The Kier molecular flexibility index (Phi) is 4.30. The van der Waals surface area contributed by atoms with Crippen LogP contribution in [0, 0.1) is 0 Å². The molecule has 0 aliphatic rings. The number of aryl methyl sites for hydroxylation is 1. The Bertz CT molecular complexity index is 495. The summed E-state index contributed by atoms with van der Waals surface area (Å²) in [4.78, 5) is 0. The van der Waals surface area contributed by atoms with E-state index in [1.165, 1.54) is 0 Å². The predicted molar refractivity (Wildman–Crippen MR) is 70.2 cm³/mol. The van der Waals surface area contributed by atoms with Crippen molar-refractivity contribution in [1.82, 2.24) is 20.3 Å². The highest BCUT2D eigenvalue weighted by molar-refractivity contribution is 5.45. The fourth-order valence-electron chi connectivity index (χ4n) is 1.80. The van der Waals surface area contributed by atoms with Gasteiger partial charge in [0, 0.05) is 0 Å². The Morgan fingerprint density at radius 2 is 2.17 bits per heavy atom. The molecule has 1 aromatic heterocycles. The third kappa shape index (κ3) is 2.87. The molecule has 96 valence electrons. The van der Waals surface area contributed by atoms with Gasteiger partial charge in [-0.05, 0) is 38.6 Å². The molecule has 0 saturated carbocycles. The van der Waals surface area contributed by atoms with Gasteiger partial charge in [0.05, 0.1) is 19.0 Å². The summed E-state index contributed by atoms with van der Waals surface area (Å²) in [7, 11) is 3.61. The number of methoxy groups -OCH3 is 1. The Labute approximate surface area is 107 Å². The van der Waals surface area contributed by atoms with Crippen molar-refractivity contribution >= 4 is 0 Å². The van der Waals surface area contributed by atoms with Crippen LogP contribution in [-0.2, 0) is 6.42 Å². The summed E-state index contributed by atoms with van der Waals surface area (Å²) in [6.45, 7) is 0.988. The van der Waals surface area contributed by atoms with E-state index in [4.69, 9.17) is 4.74 Å².